The summed E-state index contributed by atoms with van der Waals surface area (Å²) in [6.45, 7) is 1.54. The van der Waals surface area contributed by atoms with E-state index in [0.717, 1.165) is 48.1 Å². The van der Waals surface area contributed by atoms with E-state index in [9.17, 15) is 4.79 Å². The Morgan fingerprint density at radius 1 is 1.07 bits per heavy atom. The molecule has 3 heterocycles. The number of fused-ring (bicyclic) bond motifs is 1. The largest absolute Gasteiger partial charge is 0.338 e. The Kier molecular flexibility index (Phi) is 4.56. The fourth-order valence-corrected chi connectivity index (χ4v) is 4.22. The number of nitrogens with zero attached hydrogens (tertiary/aromatic N) is 3. The van der Waals surface area contributed by atoms with E-state index in [1.807, 2.05) is 41.3 Å². The number of rotatable bonds is 3. The number of aromatic amines is 1. The summed E-state index contributed by atoms with van der Waals surface area (Å²) < 4.78 is 0. The maximum atomic E-state index is 13.6. The van der Waals surface area contributed by atoms with Gasteiger partial charge in [-0.1, -0.05) is 48.5 Å². The number of hydrogen-bond acceptors (Lipinski definition) is 3. The highest BCUT2D eigenvalue weighted by Crippen LogP contribution is 2.30. The van der Waals surface area contributed by atoms with Gasteiger partial charge >= 0.3 is 0 Å². The van der Waals surface area contributed by atoms with Crippen molar-refractivity contribution in [2.45, 2.75) is 18.8 Å². The molecule has 0 bridgehead atoms. The van der Waals surface area contributed by atoms with Crippen molar-refractivity contribution in [3.05, 3.63) is 84.2 Å². The standard InChI is InChI=1S/C24H22N4O/c29-24(28-12-6-9-18(16-28)17-7-2-1-3-8-17)21-13-23(19-14-25-26-15-19)27-22-11-5-4-10-20(21)22/h1-5,7-8,10-11,13-15,18H,6,9,12,16H2,(H,25,26)/t18-/m0/s1. The summed E-state index contributed by atoms with van der Waals surface area (Å²) in [4.78, 5) is 20.3. The number of likely N-dealkylation sites (tertiary alicyclic amines) is 1. The first-order chi connectivity index (χ1) is 14.3. The van der Waals surface area contributed by atoms with Crippen molar-refractivity contribution in [1.82, 2.24) is 20.1 Å². The number of benzene rings is 2. The van der Waals surface area contributed by atoms with Crippen LogP contribution in [0.1, 0.15) is 34.7 Å². The molecular weight excluding hydrogens is 360 g/mol. The molecule has 1 atom stereocenters. The first kappa shape index (κ1) is 17.6. The van der Waals surface area contributed by atoms with Gasteiger partial charge in [-0.3, -0.25) is 9.89 Å². The third kappa shape index (κ3) is 3.40. The van der Waals surface area contributed by atoms with E-state index in [1.54, 1.807) is 12.4 Å². The lowest BCUT2D eigenvalue weighted by atomic mass is 9.90. The smallest absolute Gasteiger partial charge is 0.254 e. The van der Waals surface area contributed by atoms with Crippen LogP contribution in [0.3, 0.4) is 0 Å². The first-order valence-electron chi connectivity index (χ1n) is 10.0. The number of H-pyrrole nitrogens is 1. The van der Waals surface area contributed by atoms with E-state index < -0.39 is 0 Å². The van der Waals surface area contributed by atoms with Gasteiger partial charge < -0.3 is 4.90 Å². The fourth-order valence-electron chi connectivity index (χ4n) is 4.22. The molecule has 1 saturated heterocycles. The molecule has 0 spiro atoms. The first-order valence-corrected chi connectivity index (χ1v) is 10.0. The molecule has 1 aliphatic rings. The Labute approximate surface area is 169 Å². The van der Waals surface area contributed by atoms with Crippen LogP contribution >= 0.6 is 0 Å². The summed E-state index contributed by atoms with van der Waals surface area (Å²) in [5, 5.41) is 7.75. The van der Waals surface area contributed by atoms with E-state index in [2.05, 4.69) is 34.5 Å². The Morgan fingerprint density at radius 2 is 1.90 bits per heavy atom. The lowest BCUT2D eigenvalue weighted by Crippen LogP contribution is -2.39. The van der Waals surface area contributed by atoms with Gasteiger partial charge in [0.2, 0.25) is 0 Å². The van der Waals surface area contributed by atoms with Gasteiger partial charge in [-0.15, -0.1) is 0 Å². The minimum Gasteiger partial charge on any atom is -0.338 e. The number of carbonyl (C=O) groups excluding carboxylic acids is 1. The molecule has 1 aliphatic heterocycles. The lowest BCUT2D eigenvalue weighted by Gasteiger charge is -2.33. The second kappa shape index (κ2) is 7.51. The monoisotopic (exact) mass is 382 g/mol. The van der Waals surface area contributed by atoms with Crippen molar-refractivity contribution in [1.29, 1.82) is 0 Å². The molecule has 29 heavy (non-hydrogen) atoms. The normalized spacial score (nSPS) is 16.8. The highest BCUT2D eigenvalue weighted by Gasteiger charge is 2.27. The zero-order valence-electron chi connectivity index (χ0n) is 16.1. The molecule has 2 aromatic carbocycles. The number of pyridine rings is 1. The van der Waals surface area contributed by atoms with Gasteiger partial charge in [0.1, 0.15) is 0 Å². The van der Waals surface area contributed by atoms with Crippen molar-refractivity contribution >= 4 is 16.8 Å². The summed E-state index contributed by atoms with van der Waals surface area (Å²) in [5.74, 6) is 0.462. The highest BCUT2D eigenvalue weighted by molar-refractivity contribution is 6.07. The SMILES string of the molecule is O=C(c1cc(-c2cn[nH]c2)nc2ccccc12)N1CCC[C@H](c2ccccc2)C1. The Bertz CT molecular complexity index is 1140. The molecule has 144 valence electrons. The topological polar surface area (TPSA) is 61.9 Å². The molecule has 1 amide bonds. The lowest BCUT2D eigenvalue weighted by molar-refractivity contribution is 0.0709. The number of aromatic nitrogens is 3. The van der Waals surface area contributed by atoms with Gasteiger partial charge in [0.25, 0.3) is 5.91 Å². The number of para-hydroxylation sites is 1. The molecule has 0 aliphatic carbocycles. The van der Waals surface area contributed by atoms with E-state index in [0.29, 0.717) is 11.5 Å². The summed E-state index contributed by atoms with van der Waals surface area (Å²) in [6.07, 6.45) is 5.67. The number of hydrogen-bond donors (Lipinski definition) is 1. The average Bonchev–Trinajstić information content (AvgIpc) is 3.34. The molecule has 5 nitrogen and oxygen atoms in total. The zero-order valence-corrected chi connectivity index (χ0v) is 16.1. The van der Waals surface area contributed by atoms with Crippen molar-refractivity contribution in [3.63, 3.8) is 0 Å². The van der Waals surface area contributed by atoms with Gasteiger partial charge in [0.15, 0.2) is 0 Å². The zero-order chi connectivity index (χ0) is 19.6. The van der Waals surface area contributed by atoms with Gasteiger partial charge in [0.05, 0.1) is 23.0 Å². The maximum absolute atomic E-state index is 13.6. The van der Waals surface area contributed by atoms with Gasteiger partial charge in [-0.2, -0.15) is 5.10 Å². The van der Waals surface area contributed by atoms with Crippen molar-refractivity contribution in [2.24, 2.45) is 0 Å². The van der Waals surface area contributed by atoms with Crippen LogP contribution in [0.25, 0.3) is 22.2 Å². The molecule has 1 fully saturated rings. The molecule has 0 saturated carbocycles. The molecule has 2 aromatic heterocycles. The Hall–Kier alpha value is -3.47. The molecule has 0 radical (unpaired) electrons. The molecular formula is C24H22N4O. The van der Waals surface area contributed by atoms with E-state index in [1.165, 1.54) is 5.56 Å². The number of carbonyl (C=O) groups is 1. The van der Waals surface area contributed by atoms with E-state index >= 15 is 0 Å². The van der Waals surface area contributed by atoms with E-state index in [-0.39, 0.29) is 5.91 Å². The number of amides is 1. The third-order valence-corrected chi connectivity index (χ3v) is 5.72. The maximum Gasteiger partial charge on any atom is 0.254 e. The quantitative estimate of drug-likeness (QED) is 0.561. The Balaban J connectivity index is 1.52. The average molecular weight is 382 g/mol. The number of nitrogens with one attached hydrogen (secondary N) is 1. The van der Waals surface area contributed by atoms with Crippen molar-refractivity contribution < 1.29 is 4.79 Å². The van der Waals surface area contributed by atoms with Crippen LogP contribution in [0.2, 0.25) is 0 Å². The van der Waals surface area contributed by atoms with Crippen LogP contribution in [-0.4, -0.2) is 39.1 Å². The highest BCUT2D eigenvalue weighted by atomic mass is 16.2. The van der Waals surface area contributed by atoms with Crippen LogP contribution in [-0.2, 0) is 0 Å². The predicted molar refractivity (Wildman–Crippen MR) is 114 cm³/mol. The fraction of sp³-hybridized carbons (Fsp3) is 0.208. The molecule has 5 rings (SSSR count). The van der Waals surface area contributed by atoms with Crippen molar-refractivity contribution in [3.8, 4) is 11.3 Å². The van der Waals surface area contributed by atoms with Crippen LogP contribution in [0.15, 0.2) is 73.1 Å². The minimum atomic E-state index is 0.0778. The van der Waals surface area contributed by atoms with Crippen molar-refractivity contribution in [2.75, 3.05) is 13.1 Å². The molecule has 0 unspecified atom stereocenters. The van der Waals surface area contributed by atoms with Crippen LogP contribution < -0.4 is 0 Å². The molecule has 1 N–H and O–H groups in total. The summed E-state index contributed by atoms with van der Waals surface area (Å²) in [7, 11) is 0. The number of piperidine rings is 1. The van der Waals surface area contributed by atoms with Crippen LogP contribution in [0, 0.1) is 0 Å². The second-order valence-electron chi connectivity index (χ2n) is 7.56. The Morgan fingerprint density at radius 3 is 2.72 bits per heavy atom. The van der Waals surface area contributed by atoms with Crippen LogP contribution in [0.4, 0.5) is 0 Å². The summed E-state index contributed by atoms with van der Waals surface area (Å²) >= 11 is 0. The minimum absolute atomic E-state index is 0.0778. The second-order valence-corrected chi connectivity index (χ2v) is 7.56. The third-order valence-electron chi connectivity index (χ3n) is 5.72. The van der Waals surface area contributed by atoms with E-state index in [4.69, 9.17) is 4.98 Å². The van der Waals surface area contributed by atoms with Gasteiger partial charge in [0, 0.05) is 36.2 Å². The summed E-state index contributed by atoms with van der Waals surface area (Å²) in [5.41, 5.74) is 4.48. The van der Waals surface area contributed by atoms with Gasteiger partial charge in [-0.25, -0.2) is 4.98 Å². The van der Waals surface area contributed by atoms with Crippen LogP contribution in [0.5, 0.6) is 0 Å². The molecule has 5 heteroatoms. The predicted octanol–water partition coefficient (Wildman–Crippen LogP) is 4.64. The molecule has 4 aromatic rings. The summed E-state index contributed by atoms with van der Waals surface area (Å²) in [6, 6.07) is 20.3. The van der Waals surface area contributed by atoms with Gasteiger partial charge in [-0.05, 0) is 30.5 Å².